The van der Waals surface area contributed by atoms with E-state index in [0.717, 1.165) is 23.0 Å². The van der Waals surface area contributed by atoms with Gasteiger partial charge in [0.25, 0.3) is 5.91 Å². The van der Waals surface area contributed by atoms with Crippen LogP contribution in [0, 0.1) is 5.82 Å². The molecule has 0 unspecified atom stereocenters. The second-order valence-corrected chi connectivity index (χ2v) is 8.12. The second-order valence-electron chi connectivity index (χ2n) is 8.12. The Bertz CT molecular complexity index is 1160. The van der Waals surface area contributed by atoms with Crippen LogP contribution >= 0.6 is 0 Å². The monoisotopic (exact) mass is 435 g/mol. The van der Waals surface area contributed by atoms with Crippen LogP contribution in [0.25, 0.3) is 16.5 Å². The number of aromatic nitrogens is 1. The van der Waals surface area contributed by atoms with Gasteiger partial charge in [-0.15, -0.1) is 0 Å². The van der Waals surface area contributed by atoms with Crippen molar-refractivity contribution >= 4 is 28.4 Å². The molecule has 0 radical (unpaired) electrons. The van der Waals surface area contributed by atoms with Crippen molar-refractivity contribution in [3.8, 4) is 0 Å². The maximum atomic E-state index is 13.3. The average Bonchev–Trinajstić information content (AvgIpc) is 3.04. The van der Waals surface area contributed by atoms with Gasteiger partial charge in [-0.25, -0.2) is 9.18 Å². The molecule has 7 heteroatoms. The van der Waals surface area contributed by atoms with E-state index in [0.29, 0.717) is 36.2 Å². The number of nitrogens with one attached hydrogen (secondary N) is 1. The first kappa shape index (κ1) is 21.8. The number of rotatable bonds is 6. The number of aromatic amines is 1. The van der Waals surface area contributed by atoms with Crippen molar-refractivity contribution < 1.29 is 18.7 Å². The summed E-state index contributed by atoms with van der Waals surface area (Å²) in [4.78, 5) is 33.0. The van der Waals surface area contributed by atoms with Gasteiger partial charge in [0.15, 0.2) is 0 Å². The lowest BCUT2D eigenvalue weighted by molar-refractivity contribution is -0.136. The number of carbonyl (C=O) groups is 2. The van der Waals surface area contributed by atoms with Crippen LogP contribution in [0.5, 0.6) is 0 Å². The van der Waals surface area contributed by atoms with Crippen molar-refractivity contribution in [2.75, 3.05) is 33.8 Å². The maximum Gasteiger partial charge on any atom is 0.341 e. The minimum absolute atomic E-state index is 0.288. The first-order valence-corrected chi connectivity index (χ1v) is 10.6. The van der Waals surface area contributed by atoms with E-state index in [-0.39, 0.29) is 12.5 Å². The van der Waals surface area contributed by atoms with Crippen molar-refractivity contribution in [1.29, 1.82) is 0 Å². The van der Waals surface area contributed by atoms with E-state index in [1.165, 1.54) is 29.2 Å². The molecule has 1 N–H and O–H groups in total. The fraction of sp³-hybridized carbons (Fsp3) is 0.280. The van der Waals surface area contributed by atoms with Gasteiger partial charge >= 0.3 is 5.97 Å². The summed E-state index contributed by atoms with van der Waals surface area (Å²) in [6.45, 7) is 1.48. The lowest BCUT2D eigenvalue weighted by Crippen LogP contribution is -2.28. The SMILES string of the molecule is CN(C)CCCOC(=O)C1=CN(C(=O)c2ccc(F)cc2)CCc2c1[nH]c1ccccc21. The molecule has 0 aliphatic carbocycles. The average molecular weight is 435 g/mol. The highest BCUT2D eigenvalue weighted by atomic mass is 19.1. The fourth-order valence-corrected chi connectivity index (χ4v) is 3.90. The molecule has 1 aliphatic rings. The van der Waals surface area contributed by atoms with Crippen molar-refractivity contribution in [2.45, 2.75) is 12.8 Å². The number of nitrogens with zero attached hydrogens (tertiary/aromatic N) is 2. The van der Waals surface area contributed by atoms with Crippen molar-refractivity contribution in [2.24, 2.45) is 0 Å². The minimum atomic E-state index is -0.477. The Labute approximate surface area is 186 Å². The Hall–Kier alpha value is -3.45. The summed E-state index contributed by atoms with van der Waals surface area (Å²) in [5.74, 6) is -1.18. The summed E-state index contributed by atoms with van der Waals surface area (Å²) in [6.07, 6.45) is 2.84. The van der Waals surface area contributed by atoms with Gasteiger partial charge in [0.1, 0.15) is 5.82 Å². The number of carbonyl (C=O) groups excluding carboxylic acids is 2. The number of ether oxygens (including phenoxy) is 1. The van der Waals surface area contributed by atoms with Crippen molar-refractivity contribution in [3.05, 3.63) is 77.4 Å². The maximum absolute atomic E-state index is 13.3. The number of H-pyrrole nitrogens is 1. The van der Waals surface area contributed by atoms with Gasteiger partial charge in [-0.2, -0.15) is 0 Å². The van der Waals surface area contributed by atoms with Crippen LogP contribution in [0.1, 0.15) is 28.0 Å². The molecule has 2 aromatic carbocycles. The third kappa shape index (κ3) is 4.57. The number of halogens is 1. The molecule has 166 valence electrons. The number of amides is 1. The summed E-state index contributed by atoms with van der Waals surface area (Å²) in [6, 6.07) is 13.3. The molecule has 0 fully saturated rings. The van der Waals surface area contributed by atoms with E-state index >= 15 is 0 Å². The van der Waals surface area contributed by atoms with Crippen LogP contribution in [-0.4, -0.2) is 60.5 Å². The molecule has 6 nitrogen and oxygen atoms in total. The number of hydrogen-bond donors (Lipinski definition) is 1. The Balaban J connectivity index is 1.67. The lowest BCUT2D eigenvalue weighted by atomic mass is 10.0. The summed E-state index contributed by atoms with van der Waals surface area (Å²) in [5, 5.41) is 1.02. The largest absolute Gasteiger partial charge is 0.462 e. The fourth-order valence-electron chi connectivity index (χ4n) is 3.90. The number of hydrogen-bond acceptors (Lipinski definition) is 4. The van der Waals surface area contributed by atoms with Gasteiger partial charge in [-0.05, 0) is 62.8 Å². The zero-order valence-corrected chi connectivity index (χ0v) is 18.2. The summed E-state index contributed by atoms with van der Waals surface area (Å²) < 4.78 is 18.9. The number of para-hydroxylation sites is 1. The van der Waals surface area contributed by atoms with E-state index in [1.807, 2.05) is 43.3 Å². The summed E-state index contributed by atoms with van der Waals surface area (Å²) in [7, 11) is 3.93. The van der Waals surface area contributed by atoms with Gasteiger partial charge in [0.05, 0.1) is 17.9 Å². The molecule has 0 saturated carbocycles. The Morgan fingerprint density at radius 3 is 2.62 bits per heavy atom. The van der Waals surface area contributed by atoms with Crippen LogP contribution in [0.15, 0.2) is 54.7 Å². The van der Waals surface area contributed by atoms with Gasteiger partial charge in [-0.1, -0.05) is 18.2 Å². The third-order valence-electron chi connectivity index (χ3n) is 5.53. The molecule has 3 aromatic rings. The van der Waals surface area contributed by atoms with Gasteiger partial charge in [0.2, 0.25) is 0 Å². The van der Waals surface area contributed by atoms with E-state index in [1.54, 1.807) is 6.20 Å². The van der Waals surface area contributed by atoms with Gasteiger partial charge in [0, 0.05) is 35.8 Å². The van der Waals surface area contributed by atoms with E-state index in [4.69, 9.17) is 4.74 Å². The highest BCUT2D eigenvalue weighted by Crippen LogP contribution is 2.31. The molecule has 1 amide bonds. The van der Waals surface area contributed by atoms with Gasteiger partial charge in [-0.3, -0.25) is 4.79 Å². The molecule has 0 spiro atoms. The zero-order chi connectivity index (χ0) is 22.7. The van der Waals surface area contributed by atoms with Crippen molar-refractivity contribution in [1.82, 2.24) is 14.8 Å². The normalized spacial score (nSPS) is 13.6. The van der Waals surface area contributed by atoms with Crippen molar-refractivity contribution in [3.63, 3.8) is 0 Å². The molecular formula is C25H26FN3O3. The molecule has 1 aliphatic heterocycles. The minimum Gasteiger partial charge on any atom is -0.462 e. The van der Waals surface area contributed by atoms with E-state index < -0.39 is 11.8 Å². The smallest absolute Gasteiger partial charge is 0.341 e. The van der Waals surface area contributed by atoms with E-state index in [9.17, 15) is 14.0 Å². The molecule has 4 rings (SSSR count). The summed E-state index contributed by atoms with van der Waals surface area (Å²) >= 11 is 0. The second kappa shape index (κ2) is 9.36. The van der Waals surface area contributed by atoms with E-state index in [2.05, 4.69) is 4.98 Å². The Morgan fingerprint density at radius 2 is 1.88 bits per heavy atom. The predicted octanol–water partition coefficient (Wildman–Crippen LogP) is 3.84. The Kier molecular flexibility index (Phi) is 6.37. The lowest BCUT2D eigenvalue weighted by Gasteiger charge is -2.18. The molecule has 32 heavy (non-hydrogen) atoms. The standard InChI is InChI=1S/C25H26FN3O3/c1-28(2)13-5-15-32-25(31)21-16-29(24(30)17-8-10-18(26)11-9-17)14-12-20-19-6-3-4-7-22(19)27-23(20)21/h3-4,6-11,16,27H,5,12-15H2,1-2H3. The number of fused-ring (bicyclic) bond motifs is 3. The molecule has 0 saturated heterocycles. The molecular weight excluding hydrogens is 409 g/mol. The highest BCUT2D eigenvalue weighted by molar-refractivity contribution is 6.18. The number of esters is 1. The zero-order valence-electron chi connectivity index (χ0n) is 18.2. The topological polar surface area (TPSA) is 65.6 Å². The van der Waals surface area contributed by atoms with Gasteiger partial charge < -0.3 is 19.5 Å². The molecule has 1 aromatic heterocycles. The predicted molar refractivity (Wildman–Crippen MR) is 122 cm³/mol. The summed E-state index contributed by atoms with van der Waals surface area (Å²) in [5.41, 5.74) is 3.26. The van der Waals surface area contributed by atoms with Crippen LogP contribution in [-0.2, 0) is 16.0 Å². The van der Waals surface area contributed by atoms with Crippen LogP contribution in [0.2, 0.25) is 0 Å². The molecule has 0 atom stereocenters. The molecule has 2 heterocycles. The third-order valence-corrected chi connectivity index (χ3v) is 5.53. The Morgan fingerprint density at radius 1 is 1.12 bits per heavy atom. The van der Waals surface area contributed by atoms with Crippen LogP contribution in [0.3, 0.4) is 0 Å². The first-order chi connectivity index (χ1) is 15.4. The quantitative estimate of drug-likeness (QED) is 0.472. The highest BCUT2D eigenvalue weighted by Gasteiger charge is 2.27. The first-order valence-electron chi connectivity index (χ1n) is 10.6. The van der Waals surface area contributed by atoms with Crippen LogP contribution < -0.4 is 0 Å². The number of benzene rings is 2. The van der Waals surface area contributed by atoms with Crippen LogP contribution in [0.4, 0.5) is 4.39 Å². The molecule has 0 bridgehead atoms.